The van der Waals surface area contributed by atoms with E-state index in [-0.39, 0.29) is 0 Å². The van der Waals surface area contributed by atoms with Crippen LogP contribution in [0.5, 0.6) is 0 Å². The largest absolute Gasteiger partial charge is 0.455 e. The Morgan fingerprint density at radius 1 is 0.595 bits per heavy atom. The lowest BCUT2D eigenvalue weighted by atomic mass is 9.63. The normalized spacial score (nSPS) is 14.8. The summed E-state index contributed by atoms with van der Waals surface area (Å²) in [6, 6.07) is 35.1. The third-order valence-corrected chi connectivity index (χ3v) is 9.86. The molecule has 0 fully saturated rings. The SMILES string of the molecule is Brc1ccc2c(c1)C1(c3cc(Br)ccc3C=C2)c2ccccc2Sc2c1ccc1c2oc2ccccc21. The van der Waals surface area contributed by atoms with Crippen LogP contribution in [0.3, 0.4) is 0 Å². The second-order valence-electron chi connectivity index (χ2n) is 9.56. The zero-order chi connectivity index (χ0) is 24.7. The first-order chi connectivity index (χ1) is 18.1. The number of hydrogen-bond acceptors (Lipinski definition) is 2. The van der Waals surface area contributed by atoms with Crippen molar-refractivity contribution >= 4 is 77.7 Å². The lowest BCUT2D eigenvalue weighted by Gasteiger charge is -2.42. The van der Waals surface area contributed by atoms with Crippen molar-refractivity contribution in [3.8, 4) is 0 Å². The van der Waals surface area contributed by atoms with Crippen molar-refractivity contribution in [2.75, 3.05) is 0 Å². The molecule has 8 rings (SSSR count). The van der Waals surface area contributed by atoms with Gasteiger partial charge in [-0.3, -0.25) is 0 Å². The molecule has 1 nitrogen and oxygen atoms in total. The standard InChI is InChI=1S/C33H18Br2OS/c34-21-13-11-19-9-10-20-12-14-22(35)18-28(20)33(27(19)17-21)25-6-2-4-8-30(25)37-32-26(33)16-15-24-23-5-1-3-7-29(23)36-31(24)32/h1-18H. The van der Waals surface area contributed by atoms with Gasteiger partial charge in [0.05, 0.1) is 10.3 Å². The highest BCUT2D eigenvalue weighted by Gasteiger charge is 2.48. The molecule has 1 aliphatic carbocycles. The predicted octanol–water partition coefficient (Wildman–Crippen LogP) is 10.4. The lowest BCUT2D eigenvalue weighted by Crippen LogP contribution is -2.35. The Hall–Kier alpha value is -3.05. The van der Waals surface area contributed by atoms with E-state index < -0.39 is 5.41 Å². The molecule has 0 radical (unpaired) electrons. The highest BCUT2D eigenvalue weighted by Crippen LogP contribution is 2.60. The van der Waals surface area contributed by atoms with Crippen LogP contribution in [0, 0.1) is 0 Å². The molecule has 2 aliphatic rings. The molecule has 0 bridgehead atoms. The van der Waals surface area contributed by atoms with Crippen molar-refractivity contribution in [3.05, 3.63) is 139 Å². The van der Waals surface area contributed by atoms with Crippen molar-refractivity contribution in [1.82, 2.24) is 0 Å². The Kier molecular flexibility index (Phi) is 4.74. The average Bonchev–Trinajstić information content (AvgIpc) is 3.25. The number of benzene rings is 5. The molecule has 4 heteroatoms. The van der Waals surface area contributed by atoms with Crippen LogP contribution < -0.4 is 0 Å². The molecule has 0 amide bonds. The van der Waals surface area contributed by atoms with Gasteiger partial charge in [0.1, 0.15) is 11.2 Å². The summed E-state index contributed by atoms with van der Waals surface area (Å²) in [6.45, 7) is 0. The Morgan fingerprint density at radius 2 is 1.27 bits per heavy atom. The topological polar surface area (TPSA) is 13.1 Å². The molecule has 176 valence electrons. The van der Waals surface area contributed by atoms with Gasteiger partial charge in [0, 0.05) is 24.6 Å². The van der Waals surface area contributed by atoms with E-state index in [1.54, 1.807) is 0 Å². The maximum atomic E-state index is 6.60. The van der Waals surface area contributed by atoms with Crippen LogP contribution in [0.2, 0.25) is 0 Å². The van der Waals surface area contributed by atoms with Gasteiger partial charge in [-0.2, -0.15) is 0 Å². The second kappa shape index (κ2) is 7.97. The zero-order valence-electron chi connectivity index (χ0n) is 19.5. The Labute approximate surface area is 235 Å². The molecule has 0 saturated carbocycles. The van der Waals surface area contributed by atoms with E-state index >= 15 is 0 Å². The molecule has 0 saturated heterocycles. The third-order valence-electron chi connectivity index (χ3n) is 7.69. The number of para-hydroxylation sites is 1. The molecule has 0 N–H and O–H groups in total. The van der Waals surface area contributed by atoms with Gasteiger partial charge in [0.25, 0.3) is 0 Å². The maximum Gasteiger partial charge on any atom is 0.149 e. The van der Waals surface area contributed by atoms with Crippen LogP contribution in [0.1, 0.15) is 33.4 Å². The van der Waals surface area contributed by atoms with Gasteiger partial charge in [-0.1, -0.05) is 116 Å². The summed E-state index contributed by atoms with van der Waals surface area (Å²) in [5.41, 5.74) is 8.87. The molecule has 1 spiro atoms. The Balaban J connectivity index is 1.62. The zero-order valence-corrected chi connectivity index (χ0v) is 23.5. The van der Waals surface area contributed by atoms with Crippen molar-refractivity contribution in [2.24, 2.45) is 0 Å². The van der Waals surface area contributed by atoms with Crippen LogP contribution in [0.15, 0.2) is 120 Å². The maximum absolute atomic E-state index is 6.60. The fourth-order valence-corrected chi connectivity index (χ4v) is 8.18. The molecule has 0 atom stereocenters. The summed E-state index contributed by atoms with van der Waals surface area (Å²) in [4.78, 5) is 2.44. The molecule has 37 heavy (non-hydrogen) atoms. The van der Waals surface area contributed by atoms with Gasteiger partial charge in [0.2, 0.25) is 0 Å². The van der Waals surface area contributed by atoms with Gasteiger partial charge in [-0.25, -0.2) is 0 Å². The van der Waals surface area contributed by atoms with Crippen LogP contribution in [-0.4, -0.2) is 0 Å². The highest BCUT2D eigenvalue weighted by molar-refractivity contribution is 9.10. The molecule has 1 aromatic heterocycles. The van der Waals surface area contributed by atoms with Crippen LogP contribution in [0.25, 0.3) is 34.1 Å². The molecule has 2 heterocycles. The van der Waals surface area contributed by atoms with E-state index in [0.717, 1.165) is 30.9 Å². The second-order valence-corrected chi connectivity index (χ2v) is 12.4. The first-order valence-corrected chi connectivity index (χ1v) is 14.5. The van der Waals surface area contributed by atoms with Gasteiger partial charge < -0.3 is 4.42 Å². The van der Waals surface area contributed by atoms with Crippen molar-refractivity contribution in [1.29, 1.82) is 0 Å². The van der Waals surface area contributed by atoms with Crippen LogP contribution >= 0.6 is 43.6 Å². The van der Waals surface area contributed by atoms with Crippen molar-refractivity contribution < 1.29 is 4.42 Å². The van der Waals surface area contributed by atoms with E-state index in [2.05, 4.69) is 135 Å². The summed E-state index contributed by atoms with van der Waals surface area (Å²) in [6.07, 6.45) is 4.51. The minimum Gasteiger partial charge on any atom is -0.455 e. The molecular weight excluding hydrogens is 604 g/mol. The number of furan rings is 1. The molecule has 1 aliphatic heterocycles. The van der Waals surface area contributed by atoms with E-state index in [9.17, 15) is 0 Å². The molecule has 5 aromatic carbocycles. The smallest absolute Gasteiger partial charge is 0.149 e. The first kappa shape index (κ1) is 22.0. The Morgan fingerprint density at radius 3 is 2.03 bits per heavy atom. The van der Waals surface area contributed by atoms with E-state index in [1.807, 2.05) is 17.8 Å². The van der Waals surface area contributed by atoms with Crippen molar-refractivity contribution in [3.63, 3.8) is 0 Å². The highest BCUT2D eigenvalue weighted by atomic mass is 79.9. The molecular formula is C33H18Br2OS. The van der Waals surface area contributed by atoms with Crippen LogP contribution in [-0.2, 0) is 5.41 Å². The Bertz CT molecular complexity index is 1890. The molecule has 0 unspecified atom stereocenters. The number of hydrogen-bond donors (Lipinski definition) is 0. The van der Waals surface area contributed by atoms with Crippen molar-refractivity contribution in [2.45, 2.75) is 15.2 Å². The number of halogens is 2. The predicted molar refractivity (Wildman–Crippen MR) is 160 cm³/mol. The van der Waals surface area contributed by atoms with E-state index in [1.165, 1.54) is 43.2 Å². The summed E-state index contributed by atoms with van der Waals surface area (Å²) in [7, 11) is 0. The van der Waals surface area contributed by atoms with E-state index in [4.69, 9.17) is 4.42 Å². The van der Waals surface area contributed by atoms with Gasteiger partial charge >= 0.3 is 0 Å². The van der Waals surface area contributed by atoms with Gasteiger partial charge in [-0.05, 0) is 69.8 Å². The fourth-order valence-electron chi connectivity index (χ4n) is 6.18. The summed E-state index contributed by atoms with van der Waals surface area (Å²) in [5.74, 6) is 0. The van der Waals surface area contributed by atoms with Gasteiger partial charge in [0.15, 0.2) is 0 Å². The number of rotatable bonds is 0. The molecule has 6 aromatic rings. The van der Waals surface area contributed by atoms with Crippen LogP contribution in [0.4, 0.5) is 0 Å². The minimum absolute atomic E-state index is 0.522. The first-order valence-electron chi connectivity index (χ1n) is 12.1. The fraction of sp³-hybridized carbons (Fsp3) is 0.0303. The average molecular weight is 622 g/mol. The van der Waals surface area contributed by atoms with E-state index in [0.29, 0.717) is 0 Å². The number of fused-ring (bicyclic) bond motifs is 12. The third kappa shape index (κ3) is 2.98. The monoisotopic (exact) mass is 620 g/mol. The van der Waals surface area contributed by atoms with Gasteiger partial charge in [-0.15, -0.1) is 0 Å². The lowest BCUT2D eigenvalue weighted by molar-refractivity contribution is 0.645. The summed E-state index contributed by atoms with van der Waals surface area (Å²) < 4.78 is 8.74. The summed E-state index contributed by atoms with van der Waals surface area (Å²) >= 11 is 9.43. The minimum atomic E-state index is -0.522. The summed E-state index contributed by atoms with van der Waals surface area (Å²) in [5, 5.41) is 2.31. The quantitative estimate of drug-likeness (QED) is 0.167.